The van der Waals surface area contributed by atoms with E-state index in [9.17, 15) is 9.90 Å². The van der Waals surface area contributed by atoms with Crippen LogP contribution in [0.1, 0.15) is 52.9 Å². The number of aliphatic hydroxyl groups is 1. The summed E-state index contributed by atoms with van der Waals surface area (Å²) in [6.45, 7) is 7.46. The second-order valence-electron chi connectivity index (χ2n) is 5.10. The summed E-state index contributed by atoms with van der Waals surface area (Å²) in [5.41, 5.74) is -0.570. The number of carbonyl (C=O) groups excluding carboxylic acids is 1. The van der Waals surface area contributed by atoms with Crippen molar-refractivity contribution in [2.45, 2.75) is 64.5 Å². The molecule has 0 aromatic carbocycles. The third kappa shape index (κ3) is 3.56. The molecule has 1 rings (SSSR count). The van der Waals surface area contributed by atoms with Crippen molar-refractivity contribution in [3.63, 3.8) is 0 Å². The molecule has 0 radical (unpaired) electrons. The van der Waals surface area contributed by atoms with Crippen LogP contribution in [0.4, 0.5) is 0 Å². The number of β-amino-alcohol motifs (C(OH)–C–C–N with tert-alkyl or cyclic N) is 1. The van der Waals surface area contributed by atoms with Gasteiger partial charge in [-0.25, -0.2) is 0 Å². The van der Waals surface area contributed by atoms with Crippen molar-refractivity contribution >= 4 is 5.78 Å². The zero-order valence-electron chi connectivity index (χ0n) is 10.8. The molecule has 1 atom stereocenters. The molecule has 94 valence electrons. The first kappa shape index (κ1) is 13.7. The highest BCUT2D eigenvalue weighted by atomic mass is 16.3. The van der Waals surface area contributed by atoms with E-state index in [0.717, 1.165) is 38.8 Å². The Morgan fingerprint density at radius 2 is 2.06 bits per heavy atom. The fraction of sp³-hybridized carbons (Fsp3) is 0.923. The van der Waals surface area contributed by atoms with Crippen molar-refractivity contribution in [3.8, 4) is 0 Å². The van der Waals surface area contributed by atoms with Crippen LogP contribution in [-0.4, -0.2) is 40.5 Å². The standard InChI is InChI=1S/C13H25NO2/c1-4-13(16,5-2)10-14-8-6-7-12(14)9-11(3)15/h12,16H,4-10H2,1-3H3. The Morgan fingerprint density at radius 1 is 1.44 bits per heavy atom. The molecule has 16 heavy (non-hydrogen) atoms. The highest BCUT2D eigenvalue weighted by molar-refractivity contribution is 5.76. The van der Waals surface area contributed by atoms with Crippen LogP contribution in [0.15, 0.2) is 0 Å². The van der Waals surface area contributed by atoms with Gasteiger partial charge >= 0.3 is 0 Å². The average molecular weight is 227 g/mol. The summed E-state index contributed by atoms with van der Waals surface area (Å²) in [6, 6.07) is 0.363. The largest absolute Gasteiger partial charge is 0.389 e. The Bertz CT molecular complexity index is 236. The molecule has 1 saturated heterocycles. The van der Waals surface area contributed by atoms with Gasteiger partial charge in [0.2, 0.25) is 0 Å². The zero-order chi connectivity index (χ0) is 12.2. The second-order valence-corrected chi connectivity index (χ2v) is 5.10. The Morgan fingerprint density at radius 3 is 2.56 bits per heavy atom. The van der Waals surface area contributed by atoms with E-state index in [0.29, 0.717) is 12.5 Å². The van der Waals surface area contributed by atoms with Crippen molar-refractivity contribution in [1.29, 1.82) is 0 Å². The van der Waals surface area contributed by atoms with E-state index in [4.69, 9.17) is 0 Å². The topological polar surface area (TPSA) is 40.5 Å². The Balaban J connectivity index is 2.55. The molecular formula is C13H25NO2. The van der Waals surface area contributed by atoms with E-state index in [1.807, 2.05) is 13.8 Å². The number of Topliss-reactive ketones (excluding diaryl/α,β-unsaturated/α-hetero) is 1. The van der Waals surface area contributed by atoms with Gasteiger partial charge in [0.25, 0.3) is 0 Å². The lowest BCUT2D eigenvalue weighted by Gasteiger charge is -2.33. The lowest BCUT2D eigenvalue weighted by atomic mass is 9.96. The van der Waals surface area contributed by atoms with Gasteiger partial charge in [0, 0.05) is 19.0 Å². The molecule has 1 aliphatic heterocycles. The average Bonchev–Trinajstić information content (AvgIpc) is 2.64. The van der Waals surface area contributed by atoms with Gasteiger partial charge < -0.3 is 5.11 Å². The Labute approximate surface area is 98.8 Å². The zero-order valence-corrected chi connectivity index (χ0v) is 10.8. The molecule has 0 spiro atoms. The molecule has 0 aromatic rings. The highest BCUT2D eigenvalue weighted by Gasteiger charge is 2.32. The molecule has 3 nitrogen and oxygen atoms in total. The van der Waals surface area contributed by atoms with Gasteiger partial charge in [-0.3, -0.25) is 9.69 Å². The maximum atomic E-state index is 11.2. The maximum Gasteiger partial charge on any atom is 0.131 e. The first-order valence-electron chi connectivity index (χ1n) is 6.46. The number of carbonyl (C=O) groups is 1. The summed E-state index contributed by atoms with van der Waals surface area (Å²) in [4.78, 5) is 13.5. The number of nitrogens with zero attached hydrogens (tertiary/aromatic N) is 1. The summed E-state index contributed by atoms with van der Waals surface area (Å²) in [5, 5.41) is 10.3. The molecule has 1 N–H and O–H groups in total. The molecule has 0 bridgehead atoms. The van der Waals surface area contributed by atoms with Gasteiger partial charge in [-0.1, -0.05) is 13.8 Å². The van der Waals surface area contributed by atoms with Crippen LogP contribution in [0.3, 0.4) is 0 Å². The lowest BCUT2D eigenvalue weighted by molar-refractivity contribution is -0.118. The molecule has 3 heteroatoms. The van der Waals surface area contributed by atoms with Gasteiger partial charge in [0.15, 0.2) is 0 Å². The minimum atomic E-state index is -0.570. The fourth-order valence-electron chi connectivity index (χ4n) is 2.52. The fourth-order valence-corrected chi connectivity index (χ4v) is 2.52. The maximum absolute atomic E-state index is 11.2. The minimum Gasteiger partial charge on any atom is -0.389 e. The van der Waals surface area contributed by atoms with Gasteiger partial charge in [0.05, 0.1) is 5.60 Å². The normalized spacial score (nSPS) is 22.6. The summed E-state index contributed by atoms with van der Waals surface area (Å²) < 4.78 is 0. The van der Waals surface area contributed by atoms with Crippen molar-refractivity contribution in [2.24, 2.45) is 0 Å². The molecule has 1 unspecified atom stereocenters. The van der Waals surface area contributed by atoms with Crippen LogP contribution in [0.5, 0.6) is 0 Å². The van der Waals surface area contributed by atoms with E-state index in [1.165, 1.54) is 0 Å². The molecule has 0 aliphatic carbocycles. The summed E-state index contributed by atoms with van der Waals surface area (Å²) >= 11 is 0. The second kappa shape index (κ2) is 5.78. The summed E-state index contributed by atoms with van der Waals surface area (Å²) in [7, 11) is 0. The van der Waals surface area contributed by atoms with Crippen LogP contribution in [0, 0.1) is 0 Å². The molecule has 0 amide bonds. The summed E-state index contributed by atoms with van der Waals surface area (Å²) in [5.74, 6) is 0.258. The van der Waals surface area contributed by atoms with Crippen molar-refractivity contribution in [1.82, 2.24) is 4.90 Å². The van der Waals surface area contributed by atoms with Gasteiger partial charge in [-0.05, 0) is 39.2 Å². The van der Waals surface area contributed by atoms with E-state index in [2.05, 4.69) is 4.90 Å². The Kier molecular flexibility index (Phi) is 4.93. The first-order valence-corrected chi connectivity index (χ1v) is 6.46. The van der Waals surface area contributed by atoms with Crippen molar-refractivity contribution in [2.75, 3.05) is 13.1 Å². The van der Waals surface area contributed by atoms with Crippen molar-refractivity contribution < 1.29 is 9.90 Å². The van der Waals surface area contributed by atoms with Crippen LogP contribution in [-0.2, 0) is 4.79 Å². The van der Waals surface area contributed by atoms with Crippen LogP contribution in [0.25, 0.3) is 0 Å². The Hall–Kier alpha value is -0.410. The predicted octanol–water partition coefficient (Wildman–Crippen LogP) is 1.98. The van der Waals surface area contributed by atoms with Crippen LogP contribution < -0.4 is 0 Å². The van der Waals surface area contributed by atoms with E-state index >= 15 is 0 Å². The molecule has 1 heterocycles. The van der Waals surface area contributed by atoms with Crippen LogP contribution >= 0.6 is 0 Å². The number of rotatable bonds is 6. The molecule has 0 saturated carbocycles. The lowest BCUT2D eigenvalue weighted by Crippen LogP contribution is -2.44. The minimum absolute atomic E-state index is 0.258. The first-order chi connectivity index (χ1) is 7.50. The SMILES string of the molecule is CCC(O)(CC)CN1CCCC1CC(C)=O. The molecule has 0 aromatic heterocycles. The molecule has 1 fully saturated rings. The number of hydrogen-bond acceptors (Lipinski definition) is 3. The van der Waals surface area contributed by atoms with Gasteiger partial charge in [-0.15, -0.1) is 0 Å². The number of likely N-dealkylation sites (tertiary alicyclic amines) is 1. The van der Waals surface area contributed by atoms with Crippen molar-refractivity contribution in [3.05, 3.63) is 0 Å². The molecular weight excluding hydrogens is 202 g/mol. The van der Waals surface area contributed by atoms with E-state index < -0.39 is 5.60 Å². The third-order valence-corrected chi connectivity index (χ3v) is 3.84. The smallest absolute Gasteiger partial charge is 0.131 e. The van der Waals surface area contributed by atoms with Crippen LogP contribution in [0.2, 0.25) is 0 Å². The van der Waals surface area contributed by atoms with E-state index in [-0.39, 0.29) is 5.78 Å². The quantitative estimate of drug-likeness (QED) is 0.754. The monoisotopic (exact) mass is 227 g/mol. The van der Waals surface area contributed by atoms with Gasteiger partial charge in [-0.2, -0.15) is 0 Å². The summed E-state index contributed by atoms with van der Waals surface area (Å²) in [6.07, 6.45) is 4.47. The molecule has 1 aliphatic rings. The highest BCUT2D eigenvalue weighted by Crippen LogP contribution is 2.25. The third-order valence-electron chi connectivity index (χ3n) is 3.84. The number of hydrogen-bond donors (Lipinski definition) is 1. The van der Waals surface area contributed by atoms with Gasteiger partial charge in [0.1, 0.15) is 5.78 Å². The predicted molar refractivity (Wildman–Crippen MR) is 65.4 cm³/mol. The van der Waals surface area contributed by atoms with E-state index in [1.54, 1.807) is 6.92 Å². The number of ketones is 1.